The van der Waals surface area contributed by atoms with Crippen LogP contribution in [0.15, 0.2) is 93.8 Å². The summed E-state index contributed by atoms with van der Waals surface area (Å²) in [7, 11) is 12.8. The maximum absolute atomic E-state index is 5.67. The molecule has 0 N–H and O–H groups in total. The van der Waals surface area contributed by atoms with E-state index in [0.717, 1.165) is 44.8 Å². The fraction of sp³-hybridized carbons (Fsp3) is 0.118. The van der Waals surface area contributed by atoms with Gasteiger partial charge in [0.05, 0.1) is 14.2 Å². The van der Waals surface area contributed by atoms with Crippen LogP contribution in [0, 0.1) is 13.8 Å². The average molecular weight is 660 g/mol. The first kappa shape index (κ1) is 31.9. The molecule has 0 aliphatic heterocycles. The minimum absolute atomic E-state index is 0.382. The van der Waals surface area contributed by atoms with E-state index in [1.54, 1.807) is 14.2 Å². The molecule has 4 aromatic carbocycles. The number of hydrogen-bond acceptors (Lipinski definition) is 6. The number of methoxy groups -OCH3 is 2. The van der Waals surface area contributed by atoms with E-state index in [9.17, 15) is 0 Å². The van der Waals surface area contributed by atoms with E-state index in [0.29, 0.717) is 24.7 Å². The molecule has 6 nitrogen and oxygen atoms in total. The van der Waals surface area contributed by atoms with Crippen molar-refractivity contribution in [2.75, 3.05) is 14.2 Å². The number of benzene rings is 4. The Morgan fingerprint density at radius 1 is 0.581 bits per heavy atom. The van der Waals surface area contributed by atoms with Crippen LogP contribution in [-0.2, 0) is 12.9 Å². The fourth-order valence-corrected chi connectivity index (χ4v) is 4.02. The van der Waals surface area contributed by atoms with Gasteiger partial charge in [0, 0.05) is 12.2 Å². The molecule has 9 heteroatoms. The topological polar surface area (TPSA) is 70.5 Å². The Morgan fingerprint density at radius 2 is 0.953 bits per heavy atom. The Hall–Kier alpha value is -4.01. The Morgan fingerprint density at radius 3 is 1.30 bits per heavy atom. The number of fused-ring (bicyclic) bond motifs is 2. The van der Waals surface area contributed by atoms with Crippen LogP contribution in [0.2, 0.25) is 0 Å². The first-order valence-corrected chi connectivity index (χ1v) is 16.0. The molecule has 6 rings (SSSR count). The third kappa shape index (κ3) is 9.49. The van der Waals surface area contributed by atoms with Crippen molar-refractivity contribution in [2.45, 2.75) is 13.8 Å². The van der Waals surface area contributed by atoms with Gasteiger partial charge in [-0.2, -0.15) is 0 Å². The molecule has 0 saturated carbocycles. The van der Waals surface area contributed by atoms with Crippen molar-refractivity contribution in [3.05, 3.63) is 119 Å². The number of ether oxygens (including phenoxy) is 2. The first-order chi connectivity index (χ1) is 20.9. The van der Waals surface area contributed by atoms with Crippen LogP contribution >= 0.6 is 20.3 Å². The van der Waals surface area contributed by atoms with E-state index in [1.807, 2.05) is 123 Å². The minimum atomic E-state index is 0.382. The zero-order chi connectivity index (χ0) is 30.6. The van der Waals surface area contributed by atoms with E-state index in [2.05, 4.69) is 9.97 Å². The van der Waals surface area contributed by atoms with Crippen LogP contribution in [0.4, 0.5) is 0 Å². The third-order valence-corrected chi connectivity index (χ3v) is 6.19. The van der Waals surface area contributed by atoms with Crippen molar-refractivity contribution in [3.8, 4) is 11.5 Å². The van der Waals surface area contributed by atoms with Crippen molar-refractivity contribution in [2.24, 2.45) is 0 Å². The molecule has 2 heterocycles. The van der Waals surface area contributed by atoms with Gasteiger partial charge in [-0.05, 0) is 96.8 Å². The zero-order valence-corrected chi connectivity index (χ0v) is 26.6. The van der Waals surface area contributed by atoms with Crippen molar-refractivity contribution < 1.29 is 31.2 Å². The summed E-state index contributed by atoms with van der Waals surface area (Å²) in [5.74, 6) is 2.92. The molecular weight excluding hydrogens is 630 g/mol. The van der Waals surface area contributed by atoms with Crippen LogP contribution in [0.25, 0.3) is 46.5 Å². The molecule has 223 valence electrons. The fourth-order valence-electron chi connectivity index (χ4n) is 4.02. The number of oxazole rings is 2. The number of halogens is 2. The zero-order valence-electron chi connectivity index (χ0n) is 24.0. The van der Waals surface area contributed by atoms with Gasteiger partial charge in [-0.3, -0.25) is 0 Å². The molecule has 2 aromatic heterocycles. The van der Waals surface area contributed by atoms with Gasteiger partial charge in [0.2, 0.25) is 11.8 Å². The number of rotatable bonds is 6. The molecule has 0 fully saturated rings. The predicted octanol–water partition coefficient (Wildman–Crippen LogP) is 10.0. The van der Waals surface area contributed by atoms with Gasteiger partial charge in [-0.15, -0.1) is 0 Å². The van der Waals surface area contributed by atoms with Gasteiger partial charge in [0.1, 0.15) is 22.5 Å². The number of aromatic nitrogens is 2. The summed E-state index contributed by atoms with van der Waals surface area (Å²) < 4.78 is 21.6. The molecule has 0 spiro atoms. The summed E-state index contributed by atoms with van der Waals surface area (Å²) in [5, 5.41) is 0. The molecule has 0 radical (unpaired) electrons. The van der Waals surface area contributed by atoms with Crippen molar-refractivity contribution in [3.63, 3.8) is 0 Å². The summed E-state index contributed by atoms with van der Waals surface area (Å²) in [5.41, 5.74) is 7.90. The molecule has 6 aromatic rings. The van der Waals surface area contributed by atoms with Crippen molar-refractivity contribution >= 4 is 66.8 Å². The first-order valence-electron chi connectivity index (χ1n) is 13.1. The van der Waals surface area contributed by atoms with Crippen LogP contribution in [-0.4, -0.2) is 24.2 Å². The van der Waals surface area contributed by atoms with Crippen LogP contribution < -0.4 is 9.47 Å². The van der Waals surface area contributed by atoms with Crippen LogP contribution in [0.5, 0.6) is 11.5 Å². The second kappa shape index (κ2) is 16.0. The van der Waals surface area contributed by atoms with Gasteiger partial charge in [0.15, 0.2) is 11.2 Å². The molecule has 0 unspecified atom stereocenters. The Balaban J connectivity index is 0.000000181. The van der Waals surface area contributed by atoms with Gasteiger partial charge in [0.25, 0.3) is 0 Å². The summed E-state index contributed by atoms with van der Waals surface area (Å²) >= 11 is 0.382. The Labute approximate surface area is 265 Å². The van der Waals surface area contributed by atoms with Crippen LogP contribution in [0.1, 0.15) is 34.0 Å². The SMILES string of the molecule is COc1ccc(C=Cc2nc3cc(C)ccc3o2)cc1.COc1ccc(C=Cc2nc3cc(C)ccc3o2)cc1.[Cl][Co][Cl]. The van der Waals surface area contributed by atoms with E-state index in [-0.39, 0.29) is 0 Å². The van der Waals surface area contributed by atoms with E-state index in [4.69, 9.17) is 38.6 Å². The predicted molar refractivity (Wildman–Crippen MR) is 173 cm³/mol. The molecule has 0 atom stereocenters. The third-order valence-electron chi connectivity index (χ3n) is 6.19. The van der Waals surface area contributed by atoms with Gasteiger partial charge < -0.3 is 18.3 Å². The molecule has 0 amide bonds. The number of nitrogens with zero attached hydrogens (tertiary/aromatic N) is 2. The summed E-state index contributed by atoms with van der Waals surface area (Å²) in [4.78, 5) is 8.89. The summed E-state index contributed by atoms with van der Waals surface area (Å²) in [6.45, 7) is 4.09. The van der Waals surface area contributed by atoms with Crippen molar-refractivity contribution in [1.29, 1.82) is 0 Å². The quantitative estimate of drug-likeness (QED) is 0.177. The van der Waals surface area contributed by atoms with E-state index >= 15 is 0 Å². The Kier molecular flexibility index (Phi) is 11.9. The molecule has 0 aliphatic rings. The second-order valence-electron chi connectivity index (χ2n) is 9.31. The molecule has 0 aliphatic carbocycles. The monoisotopic (exact) mass is 659 g/mol. The molecule has 0 bridgehead atoms. The molecule has 43 heavy (non-hydrogen) atoms. The van der Waals surface area contributed by atoms with Gasteiger partial charge in [-0.1, -0.05) is 36.4 Å². The standard InChI is InChI=1S/2C17H15NO2.2ClH.Co/c2*1-12-3-9-16-15(11-12)18-17(20-16)10-6-13-4-7-14(19-2)8-5-13;;;/h2*3-11H,1-2H3;2*1H;/q;;;;+2/p-2. The number of hydrogen-bond donors (Lipinski definition) is 0. The molecule has 0 saturated heterocycles. The second-order valence-corrected chi connectivity index (χ2v) is 11.0. The van der Waals surface area contributed by atoms with Crippen LogP contribution in [0.3, 0.4) is 0 Å². The maximum atomic E-state index is 5.67. The summed E-state index contributed by atoms with van der Waals surface area (Å²) in [6.07, 6.45) is 7.68. The Bertz CT molecular complexity index is 1680. The van der Waals surface area contributed by atoms with E-state index < -0.39 is 0 Å². The van der Waals surface area contributed by atoms with Gasteiger partial charge in [-0.25, -0.2) is 9.97 Å². The average Bonchev–Trinajstić information content (AvgIpc) is 3.63. The van der Waals surface area contributed by atoms with E-state index in [1.165, 1.54) is 11.1 Å². The summed E-state index contributed by atoms with van der Waals surface area (Å²) in [6, 6.07) is 27.6. The normalized spacial score (nSPS) is 11.0. The van der Waals surface area contributed by atoms with Crippen molar-refractivity contribution in [1.82, 2.24) is 9.97 Å². The van der Waals surface area contributed by atoms with Gasteiger partial charge >= 0.3 is 33.2 Å². The molecular formula is C34H30Cl2CoN2O4. The number of aryl methyl sites for hydroxylation is 2.